The minimum atomic E-state index is -3.70. The van der Waals surface area contributed by atoms with Crippen LogP contribution in [0.1, 0.15) is 6.92 Å². The van der Waals surface area contributed by atoms with Crippen molar-refractivity contribution in [1.29, 1.82) is 0 Å². The highest BCUT2D eigenvalue weighted by molar-refractivity contribution is 7.92. The van der Waals surface area contributed by atoms with Gasteiger partial charge in [-0.1, -0.05) is 0 Å². The Morgan fingerprint density at radius 1 is 1.04 bits per heavy atom. The first-order valence-corrected chi connectivity index (χ1v) is 8.72. The summed E-state index contributed by atoms with van der Waals surface area (Å²) < 4.78 is 43.6. The van der Waals surface area contributed by atoms with Gasteiger partial charge in [-0.15, -0.1) is 0 Å². The number of benzene rings is 2. The molecule has 0 radical (unpaired) electrons. The summed E-state index contributed by atoms with van der Waals surface area (Å²) in [6.07, 6.45) is 0. The Morgan fingerprint density at radius 2 is 1.74 bits per heavy atom. The van der Waals surface area contributed by atoms with Crippen LogP contribution in [0, 0.1) is 0 Å². The molecule has 0 aliphatic carbocycles. The third kappa shape index (κ3) is 3.50. The molecule has 1 aliphatic heterocycles. The number of rotatable bonds is 5. The summed E-state index contributed by atoms with van der Waals surface area (Å²) in [5, 5.41) is 0. The maximum atomic E-state index is 12.5. The molecule has 7 heteroatoms. The molecule has 0 atom stereocenters. The van der Waals surface area contributed by atoms with Crippen LogP contribution in [0.2, 0.25) is 0 Å². The van der Waals surface area contributed by atoms with Gasteiger partial charge in [0.05, 0.1) is 11.5 Å². The number of sulfonamides is 1. The van der Waals surface area contributed by atoms with Crippen molar-refractivity contribution in [3.8, 4) is 17.2 Å². The molecule has 1 heterocycles. The third-order valence-electron chi connectivity index (χ3n) is 3.24. The van der Waals surface area contributed by atoms with E-state index in [1.807, 2.05) is 6.92 Å². The number of nitrogens with one attached hydrogen (secondary N) is 1. The molecular weight excluding hydrogens is 318 g/mol. The molecule has 0 bridgehead atoms. The van der Waals surface area contributed by atoms with Crippen LogP contribution in [0.15, 0.2) is 47.4 Å². The number of ether oxygens (including phenoxy) is 3. The predicted molar refractivity (Wildman–Crippen MR) is 85.9 cm³/mol. The zero-order chi connectivity index (χ0) is 16.3. The molecule has 2 aromatic carbocycles. The average Bonchev–Trinajstić information content (AvgIpc) is 2.56. The second-order valence-corrected chi connectivity index (χ2v) is 6.55. The summed E-state index contributed by atoms with van der Waals surface area (Å²) in [6, 6.07) is 11.3. The van der Waals surface area contributed by atoms with E-state index in [-0.39, 0.29) is 4.90 Å². The number of anilines is 1. The Kier molecular flexibility index (Phi) is 4.29. The molecule has 0 saturated carbocycles. The van der Waals surface area contributed by atoms with Gasteiger partial charge in [0.1, 0.15) is 19.0 Å². The smallest absolute Gasteiger partial charge is 0.262 e. The first-order chi connectivity index (χ1) is 11.1. The van der Waals surface area contributed by atoms with Crippen molar-refractivity contribution < 1.29 is 22.6 Å². The molecule has 0 spiro atoms. The van der Waals surface area contributed by atoms with Crippen LogP contribution >= 0.6 is 0 Å². The summed E-state index contributed by atoms with van der Waals surface area (Å²) in [6.45, 7) is 3.31. The van der Waals surface area contributed by atoms with Gasteiger partial charge < -0.3 is 14.2 Å². The van der Waals surface area contributed by atoms with Crippen LogP contribution in [-0.4, -0.2) is 28.2 Å². The SMILES string of the molecule is CCOc1ccc(NS(=O)(=O)c2ccc3c(c2)OCCO3)cc1. The van der Waals surface area contributed by atoms with E-state index in [1.54, 1.807) is 30.3 Å². The fraction of sp³-hybridized carbons (Fsp3) is 0.250. The molecule has 6 nitrogen and oxygen atoms in total. The van der Waals surface area contributed by atoms with E-state index >= 15 is 0 Å². The lowest BCUT2D eigenvalue weighted by Gasteiger charge is -2.19. The van der Waals surface area contributed by atoms with Crippen molar-refractivity contribution in [2.75, 3.05) is 24.5 Å². The highest BCUT2D eigenvalue weighted by Gasteiger charge is 2.19. The normalized spacial score (nSPS) is 13.4. The highest BCUT2D eigenvalue weighted by atomic mass is 32.2. The zero-order valence-electron chi connectivity index (χ0n) is 12.6. The quantitative estimate of drug-likeness (QED) is 0.909. The van der Waals surface area contributed by atoms with Crippen LogP contribution in [0.4, 0.5) is 5.69 Å². The molecule has 0 amide bonds. The average molecular weight is 335 g/mol. The summed E-state index contributed by atoms with van der Waals surface area (Å²) >= 11 is 0. The monoisotopic (exact) mass is 335 g/mol. The standard InChI is InChI=1S/C16H17NO5S/c1-2-20-13-5-3-12(4-6-13)17-23(18,19)14-7-8-15-16(11-14)22-10-9-21-15/h3-8,11,17H,2,9-10H2,1H3. The Labute approximate surface area is 135 Å². The topological polar surface area (TPSA) is 73.9 Å². The van der Waals surface area contributed by atoms with Gasteiger partial charge in [0.15, 0.2) is 11.5 Å². The summed E-state index contributed by atoms with van der Waals surface area (Å²) in [5.74, 6) is 1.68. The van der Waals surface area contributed by atoms with Crippen molar-refractivity contribution in [3.63, 3.8) is 0 Å². The molecule has 0 aromatic heterocycles. The van der Waals surface area contributed by atoms with Crippen LogP contribution in [0.25, 0.3) is 0 Å². The molecule has 0 unspecified atom stereocenters. The zero-order valence-corrected chi connectivity index (χ0v) is 13.4. The maximum Gasteiger partial charge on any atom is 0.262 e. The minimum Gasteiger partial charge on any atom is -0.494 e. The van der Waals surface area contributed by atoms with E-state index < -0.39 is 10.0 Å². The first kappa shape index (κ1) is 15.5. The van der Waals surface area contributed by atoms with E-state index in [0.717, 1.165) is 0 Å². The molecule has 2 aromatic rings. The van der Waals surface area contributed by atoms with E-state index in [2.05, 4.69) is 4.72 Å². The van der Waals surface area contributed by atoms with E-state index in [4.69, 9.17) is 14.2 Å². The maximum absolute atomic E-state index is 12.5. The van der Waals surface area contributed by atoms with Gasteiger partial charge in [0.25, 0.3) is 10.0 Å². The summed E-state index contributed by atoms with van der Waals surface area (Å²) in [7, 11) is -3.70. The molecule has 0 fully saturated rings. The molecule has 1 aliphatic rings. The van der Waals surface area contributed by atoms with E-state index in [9.17, 15) is 8.42 Å². The van der Waals surface area contributed by atoms with Gasteiger partial charge in [0.2, 0.25) is 0 Å². The van der Waals surface area contributed by atoms with Gasteiger partial charge in [-0.05, 0) is 43.3 Å². The number of fused-ring (bicyclic) bond motifs is 1. The van der Waals surface area contributed by atoms with Crippen molar-refractivity contribution in [1.82, 2.24) is 0 Å². The Morgan fingerprint density at radius 3 is 2.43 bits per heavy atom. The van der Waals surface area contributed by atoms with Crippen LogP contribution < -0.4 is 18.9 Å². The summed E-state index contributed by atoms with van der Waals surface area (Å²) in [5.41, 5.74) is 0.461. The van der Waals surface area contributed by atoms with Gasteiger partial charge in [0, 0.05) is 11.8 Å². The van der Waals surface area contributed by atoms with Crippen molar-refractivity contribution in [2.24, 2.45) is 0 Å². The molecular formula is C16H17NO5S. The van der Waals surface area contributed by atoms with E-state index in [0.29, 0.717) is 42.8 Å². The van der Waals surface area contributed by atoms with Gasteiger partial charge in [-0.25, -0.2) is 8.42 Å². The second-order valence-electron chi connectivity index (χ2n) is 4.87. The fourth-order valence-corrected chi connectivity index (χ4v) is 3.26. The molecule has 1 N–H and O–H groups in total. The molecule has 122 valence electrons. The largest absolute Gasteiger partial charge is 0.494 e. The lowest BCUT2D eigenvalue weighted by atomic mass is 10.3. The molecule has 3 rings (SSSR count). The summed E-state index contributed by atoms with van der Waals surface area (Å²) in [4.78, 5) is 0.121. The Bertz CT molecular complexity index is 787. The minimum absolute atomic E-state index is 0.121. The van der Waals surface area contributed by atoms with Crippen LogP contribution in [-0.2, 0) is 10.0 Å². The lowest BCUT2D eigenvalue weighted by Crippen LogP contribution is -2.17. The highest BCUT2D eigenvalue weighted by Crippen LogP contribution is 2.32. The van der Waals surface area contributed by atoms with Gasteiger partial charge in [-0.3, -0.25) is 4.72 Å². The Hall–Kier alpha value is -2.41. The van der Waals surface area contributed by atoms with E-state index in [1.165, 1.54) is 12.1 Å². The lowest BCUT2D eigenvalue weighted by molar-refractivity contribution is 0.171. The van der Waals surface area contributed by atoms with Crippen molar-refractivity contribution >= 4 is 15.7 Å². The number of hydrogen-bond acceptors (Lipinski definition) is 5. The Balaban J connectivity index is 1.81. The fourth-order valence-electron chi connectivity index (χ4n) is 2.19. The van der Waals surface area contributed by atoms with Crippen LogP contribution in [0.5, 0.6) is 17.2 Å². The second kappa shape index (κ2) is 6.37. The third-order valence-corrected chi connectivity index (χ3v) is 4.62. The number of hydrogen-bond donors (Lipinski definition) is 1. The van der Waals surface area contributed by atoms with Gasteiger partial charge in [-0.2, -0.15) is 0 Å². The van der Waals surface area contributed by atoms with Crippen molar-refractivity contribution in [2.45, 2.75) is 11.8 Å². The van der Waals surface area contributed by atoms with Crippen LogP contribution in [0.3, 0.4) is 0 Å². The molecule has 0 saturated heterocycles. The molecule has 23 heavy (non-hydrogen) atoms. The van der Waals surface area contributed by atoms with Gasteiger partial charge >= 0.3 is 0 Å². The van der Waals surface area contributed by atoms with Crippen molar-refractivity contribution in [3.05, 3.63) is 42.5 Å². The predicted octanol–water partition coefficient (Wildman–Crippen LogP) is 2.66. The first-order valence-electron chi connectivity index (χ1n) is 7.24.